The largest absolute Gasteiger partial charge is 0.494 e. The zero-order chi connectivity index (χ0) is 21.5. The van der Waals surface area contributed by atoms with Gasteiger partial charge in [0.1, 0.15) is 5.75 Å². The number of amidine groups is 1. The first-order chi connectivity index (χ1) is 14.6. The summed E-state index contributed by atoms with van der Waals surface area (Å²) in [6.45, 7) is 7.64. The van der Waals surface area contributed by atoms with Crippen LogP contribution in [0.3, 0.4) is 0 Å². The van der Waals surface area contributed by atoms with Crippen molar-refractivity contribution in [2.24, 2.45) is 4.99 Å². The molecule has 2 aromatic carbocycles. The van der Waals surface area contributed by atoms with Crippen molar-refractivity contribution in [3.05, 3.63) is 48.0 Å². The molecule has 30 heavy (non-hydrogen) atoms. The fourth-order valence-electron chi connectivity index (χ4n) is 3.24. The Labute approximate surface area is 182 Å². The van der Waals surface area contributed by atoms with E-state index in [1.165, 1.54) is 11.8 Å². The van der Waals surface area contributed by atoms with Crippen LogP contribution >= 0.6 is 11.8 Å². The van der Waals surface area contributed by atoms with Crippen LogP contribution in [0.1, 0.15) is 26.3 Å². The number of carbonyl (C=O) groups is 1. The van der Waals surface area contributed by atoms with Gasteiger partial charge in [-0.25, -0.2) is 4.99 Å². The van der Waals surface area contributed by atoms with Crippen molar-refractivity contribution in [3.63, 3.8) is 0 Å². The minimum absolute atomic E-state index is 0.0834. The van der Waals surface area contributed by atoms with E-state index in [0.717, 1.165) is 22.2 Å². The average molecular weight is 429 g/mol. The van der Waals surface area contributed by atoms with Gasteiger partial charge in [-0.05, 0) is 69.2 Å². The summed E-state index contributed by atoms with van der Waals surface area (Å²) < 4.78 is 16.5. The highest BCUT2D eigenvalue weighted by molar-refractivity contribution is 8.15. The lowest BCUT2D eigenvalue weighted by atomic mass is 10.1. The van der Waals surface area contributed by atoms with Crippen LogP contribution < -0.4 is 14.2 Å². The third-order valence-electron chi connectivity index (χ3n) is 4.66. The molecule has 160 valence electrons. The van der Waals surface area contributed by atoms with E-state index in [9.17, 15) is 4.79 Å². The van der Waals surface area contributed by atoms with Crippen LogP contribution in [0.5, 0.6) is 17.2 Å². The van der Waals surface area contributed by atoms with Gasteiger partial charge in [-0.15, -0.1) is 0 Å². The molecule has 6 nitrogen and oxygen atoms in total. The molecule has 1 amide bonds. The molecule has 1 heterocycles. The van der Waals surface area contributed by atoms with Crippen molar-refractivity contribution in [1.82, 2.24) is 4.90 Å². The zero-order valence-electron chi connectivity index (χ0n) is 17.9. The molecular formula is C23H28N2O4S. The summed E-state index contributed by atoms with van der Waals surface area (Å²) >= 11 is 1.51. The maximum atomic E-state index is 13.0. The lowest BCUT2D eigenvalue weighted by Gasteiger charge is -2.14. The Morgan fingerprint density at radius 2 is 1.73 bits per heavy atom. The predicted molar refractivity (Wildman–Crippen MR) is 121 cm³/mol. The number of amides is 1. The van der Waals surface area contributed by atoms with E-state index < -0.39 is 0 Å². The molecule has 2 aromatic rings. The van der Waals surface area contributed by atoms with Gasteiger partial charge in [0.05, 0.1) is 31.3 Å². The topological polar surface area (TPSA) is 60.4 Å². The summed E-state index contributed by atoms with van der Waals surface area (Å²) in [6, 6.07) is 13.4. The summed E-state index contributed by atoms with van der Waals surface area (Å²) in [4.78, 5) is 19.4. The molecule has 0 bridgehead atoms. The number of nitrogens with zero attached hydrogens (tertiary/aromatic N) is 2. The molecule has 0 N–H and O–H groups in total. The molecule has 0 unspecified atom stereocenters. The second-order valence-corrected chi connectivity index (χ2v) is 7.80. The van der Waals surface area contributed by atoms with Crippen molar-refractivity contribution in [1.29, 1.82) is 0 Å². The summed E-state index contributed by atoms with van der Waals surface area (Å²) in [6.07, 6.45) is 0.602. The number of rotatable bonds is 9. The Hall–Kier alpha value is -2.67. The Morgan fingerprint density at radius 3 is 2.37 bits per heavy atom. The van der Waals surface area contributed by atoms with E-state index in [4.69, 9.17) is 19.2 Å². The van der Waals surface area contributed by atoms with Crippen LogP contribution in [0.2, 0.25) is 0 Å². The number of benzene rings is 2. The van der Waals surface area contributed by atoms with Crippen molar-refractivity contribution >= 4 is 28.5 Å². The standard InChI is InChI=1S/C23H28N2O4S/c1-5-25-22(26)21(15-16-8-13-19(29-7-3)20(14-16)27-4)30-23(25)24-17-9-11-18(12-10-17)28-6-2/h8-14,21H,5-7,15H2,1-4H3/t21-/m1/s1. The van der Waals surface area contributed by atoms with Gasteiger partial charge >= 0.3 is 0 Å². The lowest BCUT2D eigenvalue weighted by molar-refractivity contribution is -0.126. The molecular weight excluding hydrogens is 400 g/mol. The minimum Gasteiger partial charge on any atom is -0.494 e. The first-order valence-electron chi connectivity index (χ1n) is 10.2. The lowest BCUT2D eigenvalue weighted by Crippen LogP contribution is -2.32. The molecule has 1 aliphatic heterocycles. The van der Waals surface area contributed by atoms with Crippen molar-refractivity contribution in [3.8, 4) is 17.2 Å². The molecule has 0 radical (unpaired) electrons. The summed E-state index contributed by atoms with van der Waals surface area (Å²) in [5, 5.41) is 0.517. The van der Waals surface area contributed by atoms with Crippen molar-refractivity contribution < 1.29 is 19.0 Å². The predicted octanol–water partition coefficient (Wildman–Crippen LogP) is 4.69. The fourth-order valence-corrected chi connectivity index (χ4v) is 4.50. The highest BCUT2D eigenvalue weighted by atomic mass is 32.2. The first-order valence-corrected chi connectivity index (χ1v) is 11.1. The monoisotopic (exact) mass is 428 g/mol. The molecule has 3 rings (SSSR count). The third-order valence-corrected chi connectivity index (χ3v) is 5.83. The second kappa shape index (κ2) is 10.4. The van der Waals surface area contributed by atoms with E-state index in [0.29, 0.717) is 37.7 Å². The van der Waals surface area contributed by atoms with E-state index in [2.05, 4.69) is 0 Å². The Kier molecular flexibility index (Phi) is 7.63. The molecule has 0 aliphatic carbocycles. The Bertz CT molecular complexity index is 899. The van der Waals surface area contributed by atoms with Crippen LogP contribution in [0.4, 0.5) is 5.69 Å². The highest BCUT2D eigenvalue weighted by Gasteiger charge is 2.37. The third kappa shape index (κ3) is 5.08. The maximum absolute atomic E-state index is 13.0. The first kappa shape index (κ1) is 22.0. The summed E-state index contributed by atoms with van der Waals surface area (Å²) in [5.41, 5.74) is 1.83. The number of hydrogen-bond acceptors (Lipinski definition) is 6. The highest BCUT2D eigenvalue weighted by Crippen LogP contribution is 2.34. The fraction of sp³-hybridized carbons (Fsp3) is 0.391. The molecule has 7 heteroatoms. The maximum Gasteiger partial charge on any atom is 0.242 e. The van der Waals surface area contributed by atoms with Gasteiger partial charge in [-0.1, -0.05) is 17.8 Å². The number of hydrogen-bond donors (Lipinski definition) is 0. The van der Waals surface area contributed by atoms with E-state index >= 15 is 0 Å². The molecule has 0 saturated carbocycles. The zero-order valence-corrected chi connectivity index (χ0v) is 18.7. The molecule has 1 atom stereocenters. The number of ether oxygens (including phenoxy) is 3. The van der Waals surface area contributed by atoms with Gasteiger partial charge in [-0.2, -0.15) is 0 Å². The molecule has 1 saturated heterocycles. The van der Waals surface area contributed by atoms with Gasteiger partial charge in [-0.3, -0.25) is 9.69 Å². The van der Waals surface area contributed by atoms with E-state index in [1.54, 1.807) is 12.0 Å². The van der Waals surface area contributed by atoms with Crippen LogP contribution in [0, 0.1) is 0 Å². The number of aliphatic imine (C=N–C) groups is 1. The molecule has 1 fully saturated rings. The summed E-state index contributed by atoms with van der Waals surface area (Å²) in [7, 11) is 1.62. The van der Waals surface area contributed by atoms with E-state index in [1.807, 2.05) is 63.2 Å². The molecule has 0 spiro atoms. The van der Waals surface area contributed by atoms with Gasteiger partial charge in [0, 0.05) is 6.54 Å². The number of methoxy groups -OCH3 is 1. The van der Waals surface area contributed by atoms with Gasteiger partial charge < -0.3 is 14.2 Å². The second-order valence-electron chi connectivity index (χ2n) is 6.63. The average Bonchev–Trinajstić information content (AvgIpc) is 3.04. The normalized spacial score (nSPS) is 17.5. The molecule has 1 aliphatic rings. The smallest absolute Gasteiger partial charge is 0.242 e. The SMILES string of the molecule is CCOc1ccc(N=C2S[C@H](Cc3ccc(OCC)c(OC)c3)C(=O)N2CC)cc1. The number of thioether (sulfide) groups is 1. The van der Waals surface area contributed by atoms with Gasteiger partial charge in [0.15, 0.2) is 16.7 Å². The van der Waals surface area contributed by atoms with Crippen LogP contribution in [0.15, 0.2) is 47.5 Å². The van der Waals surface area contributed by atoms with E-state index in [-0.39, 0.29) is 11.2 Å². The van der Waals surface area contributed by atoms with Crippen LogP contribution in [0.25, 0.3) is 0 Å². The van der Waals surface area contributed by atoms with Crippen LogP contribution in [-0.2, 0) is 11.2 Å². The Morgan fingerprint density at radius 1 is 1.00 bits per heavy atom. The van der Waals surface area contributed by atoms with Gasteiger partial charge in [0.25, 0.3) is 0 Å². The molecule has 0 aromatic heterocycles. The van der Waals surface area contributed by atoms with Crippen LogP contribution in [-0.4, -0.2) is 48.1 Å². The minimum atomic E-state index is -0.214. The summed E-state index contributed by atoms with van der Waals surface area (Å²) in [5.74, 6) is 2.29. The van der Waals surface area contributed by atoms with Crippen molar-refractivity contribution in [2.45, 2.75) is 32.4 Å². The van der Waals surface area contributed by atoms with Gasteiger partial charge in [0.2, 0.25) is 5.91 Å². The van der Waals surface area contributed by atoms with Crippen molar-refractivity contribution in [2.75, 3.05) is 26.9 Å². The Balaban J connectivity index is 1.77. The quantitative estimate of drug-likeness (QED) is 0.580. The number of carbonyl (C=O) groups excluding carboxylic acids is 1.